The van der Waals surface area contributed by atoms with Crippen molar-refractivity contribution in [3.05, 3.63) is 88.2 Å². The van der Waals surface area contributed by atoms with Gasteiger partial charge >= 0.3 is 0 Å². The van der Waals surface area contributed by atoms with Crippen molar-refractivity contribution in [3.8, 4) is 5.69 Å². The number of nitrogens with zero attached hydrogens (tertiary/aromatic N) is 3. The van der Waals surface area contributed by atoms with Crippen LogP contribution >= 0.6 is 0 Å². The lowest BCUT2D eigenvalue weighted by Crippen LogP contribution is -2.25. The van der Waals surface area contributed by atoms with Crippen LogP contribution in [0.3, 0.4) is 0 Å². The number of imidazole rings is 1. The number of aromatic nitrogens is 2. The molecule has 0 aliphatic carbocycles. The Hall–Kier alpha value is -3.55. The maximum absolute atomic E-state index is 12.9. The van der Waals surface area contributed by atoms with Crippen molar-refractivity contribution in [2.24, 2.45) is 0 Å². The molecule has 1 aromatic heterocycles. The van der Waals surface area contributed by atoms with Gasteiger partial charge in [-0.05, 0) is 36.2 Å². The summed E-state index contributed by atoms with van der Waals surface area (Å²) in [5.74, 6) is -0.726. The van der Waals surface area contributed by atoms with E-state index in [4.69, 9.17) is 0 Å². The second kappa shape index (κ2) is 7.56. The third-order valence-electron chi connectivity index (χ3n) is 3.83. The zero-order valence-electron chi connectivity index (χ0n) is 13.6. The van der Waals surface area contributed by atoms with Crippen LogP contribution in [-0.2, 0) is 6.42 Å². The molecule has 0 spiro atoms. The van der Waals surface area contributed by atoms with E-state index < -0.39 is 10.8 Å². The Bertz CT molecular complexity index is 924. The van der Waals surface area contributed by atoms with Gasteiger partial charge in [0.05, 0.1) is 11.3 Å². The maximum Gasteiger partial charge on any atom is 0.294 e. The molecule has 0 unspecified atom stereocenters. The summed E-state index contributed by atoms with van der Waals surface area (Å²) in [4.78, 5) is 26.9. The van der Waals surface area contributed by atoms with E-state index in [0.29, 0.717) is 18.7 Å². The van der Waals surface area contributed by atoms with E-state index in [1.807, 2.05) is 0 Å². The van der Waals surface area contributed by atoms with Crippen LogP contribution in [0.25, 0.3) is 5.69 Å². The van der Waals surface area contributed by atoms with Crippen molar-refractivity contribution in [1.29, 1.82) is 0 Å². The lowest BCUT2D eigenvalue weighted by atomic mass is 10.1. The van der Waals surface area contributed by atoms with Crippen molar-refractivity contribution < 1.29 is 14.1 Å². The van der Waals surface area contributed by atoms with Crippen LogP contribution in [0.4, 0.5) is 10.1 Å². The number of carbonyl (C=O) groups is 1. The van der Waals surface area contributed by atoms with Crippen LogP contribution in [0.5, 0.6) is 0 Å². The second-order valence-electron chi connectivity index (χ2n) is 5.56. The van der Waals surface area contributed by atoms with Crippen LogP contribution < -0.4 is 5.32 Å². The van der Waals surface area contributed by atoms with E-state index in [9.17, 15) is 19.3 Å². The third-order valence-corrected chi connectivity index (χ3v) is 3.83. The Morgan fingerprint density at radius 3 is 2.65 bits per heavy atom. The molecule has 0 aliphatic heterocycles. The highest BCUT2D eigenvalue weighted by Gasteiger charge is 2.18. The molecular weight excluding hydrogens is 339 g/mol. The van der Waals surface area contributed by atoms with E-state index in [-0.39, 0.29) is 17.1 Å². The number of hydrogen-bond acceptors (Lipinski definition) is 4. The second-order valence-corrected chi connectivity index (χ2v) is 5.56. The van der Waals surface area contributed by atoms with Gasteiger partial charge in [-0.1, -0.05) is 12.1 Å². The molecule has 1 amide bonds. The van der Waals surface area contributed by atoms with Gasteiger partial charge in [-0.25, -0.2) is 9.37 Å². The standard InChI is InChI=1S/C18H15FN4O3/c19-15-4-1-13(2-5-15)7-8-21-18(24)14-3-6-16(17(11-14)23(25)26)22-10-9-20-12-22/h1-6,9-12H,7-8H2,(H,21,24). The predicted octanol–water partition coefficient (Wildman–Crippen LogP) is 2.89. The van der Waals surface area contributed by atoms with Gasteiger partial charge in [-0.15, -0.1) is 0 Å². The van der Waals surface area contributed by atoms with Gasteiger partial charge in [0.2, 0.25) is 0 Å². The van der Waals surface area contributed by atoms with Crippen LogP contribution in [-0.4, -0.2) is 26.9 Å². The monoisotopic (exact) mass is 354 g/mol. The smallest absolute Gasteiger partial charge is 0.294 e. The Morgan fingerprint density at radius 1 is 1.23 bits per heavy atom. The number of halogens is 1. The fourth-order valence-electron chi connectivity index (χ4n) is 2.50. The van der Waals surface area contributed by atoms with Crippen molar-refractivity contribution in [3.63, 3.8) is 0 Å². The molecular formula is C18H15FN4O3. The molecule has 0 bridgehead atoms. The summed E-state index contributed by atoms with van der Waals surface area (Å²) < 4.78 is 14.4. The highest BCUT2D eigenvalue weighted by molar-refractivity contribution is 5.95. The van der Waals surface area contributed by atoms with Crippen molar-refractivity contribution >= 4 is 11.6 Å². The van der Waals surface area contributed by atoms with Crippen LogP contribution in [0, 0.1) is 15.9 Å². The lowest BCUT2D eigenvalue weighted by Gasteiger charge is -2.08. The predicted molar refractivity (Wildman–Crippen MR) is 92.7 cm³/mol. The summed E-state index contributed by atoms with van der Waals surface area (Å²) in [6.45, 7) is 0.335. The van der Waals surface area contributed by atoms with Gasteiger partial charge in [0.1, 0.15) is 11.5 Å². The normalized spacial score (nSPS) is 10.5. The summed E-state index contributed by atoms with van der Waals surface area (Å²) in [7, 11) is 0. The SMILES string of the molecule is O=C(NCCc1ccc(F)cc1)c1ccc(-n2ccnc2)c([N+](=O)[O-])c1. The minimum absolute atomic E-state index is 0.186. The number of carbonyl (C=O) groups excluding carboxylic acids is 1. The minimum atomic E-state index is -0.537. The highest BCUT2D eigenvalue weighted by atomic mass is 19.1. The molecule has 132 valence electrons. The molecule has 1 N–H and O–H groups in total. The van der Waals surface area contributed by atoms with Gasteiger partial charge in [0, 0.05) is 30.6 Å². The summed E-state index contributed by atoms with van der Waals surface area (Å²) in [5, 5.41) is 14.0. The number of hydrogen-bond donors (Lipinski definition) is 1. The molecule has 8 heteroatoms. The number of nitrogens with one attached hydrogen (secondary N) is 1. The fraction of sp³-hybridized carbons (Fsp3) is 0.111. The molecule has 0 saturated carbocycles. The molecule has 1 heterocycles. The molecule has 0 saturated heterocycles. The van der Waals surface area contributed by atoms with Crippen LogP contribution in [0.2, 0.25) is 0 Å². The summed E-state index contributed by atoms with van der Waals surface area (Å²) in [6, 6.07) is 10.3. The van der Waals surface area contributed by atoms with E-state index in [1.165, 1.54) is 47.4 Å². The molecule has 0 radical (unpaired) electrons. The molecule has 0 atom stereocenters. The molecule has 3 aromatic rings. The molecule has 26 heavy (non-hydrogen) atoms. The first-order valence-electron chi connectivity index (χ1n) is 7.84. The van der Waals surface area contributed by atoms with Crippen molar-refractivity contribution in [2.45, 2.75) is 6.42 Å². The first-order valence-corrected chi connectivity index (χ1v) is 7.84. The number of benzene rings is 2. The molecule has 0 fully saturated rings. The quantitative estimate of drug-likeness (QED) is 0.544. The van der Waals surface area contributed by atoms with E-state index in [1.54, 1.807) is 18.3 Å². The Balaban J connectivity index is 1.70. The fourth-order valence-corrected chi connectivity index (χ4v) is 2.50. The van der Waals surface area contributed by atoms with Gasteiger partial charge in [-0.3, -0.25) is 14.9 Å². The molecule has 7 nitrogen and oxygen atoms in total. The first-order chi connectivity index (χ1) is 12.5. The summed E-state index contributed by atoms with van der Waals surface area (Å²) >= 11 is 0. The van der Waals surface area contributed by atoms with E-state index in [0.717, 1.165) is 5.56 Å². The number of nitro groups is 1. The van der Waals surface area contributed by atoms with Crippen LogP contribution in [0.1, 0.15) is 15.9 Å². The largest absolute Gasteiger partial charge is 0.352 e. The maximum atomic E-state index is 12.9. The summed E-state index contributed by atoms with van der Waals surface area (Å²) in [5.41, 5.74) is 1.22. The molecule has 0 aliphatic rings. The first kappa shape index (κ1) is 17.3. The van der Waals surface area contributed by atoms with E-state index in [2.05, 4.69) is 10.3 Å². The topological polar surface area (TPSA) is 90.1 Å². The Morgan fingerprint density at radius 2 is 2.00 bits per heavy atom. The number of nitro benzene ring substituents is 1. The number of amides is 1. The van der Waals surface area contributed by atoms with Gasteiger partial charge in [-0.2, -0.15) is 0 Å². The average Bonchev–Trinajstić information content (AvgIpc) is 3.17. The van der Waals surface area contributed by atoms with Crippen molar-refractivity contribution in [1.82, 2.24) is 14.9 Å². The molecule has 3 rings (SSSR count). The molecule has 2 aromatic carbocycles. The average molecular weight is 354 g/mol. The van der Waals surface area contributed by atoms with Gasteiger partial charge < -0.3 is 9.88 Å². The Labute approximate surface area is 148 Å². The summed E-state index contributed by atoms with van der Waals surface area (Å²) in [6.07, 6.45) is 5.08. The zero-order valence-corrected chi connectivity index (χ0v) is 13.6. The minimum Gasteiger partial charge on any atom is -0.352 e. The lowest BCUT2D eigenvalue weighted by molar-refractivity contribution is -0.384. The van der Waals surface area contributed by atoms with Gasteiger partial charge in [0.15, 0.2) is 0 Å². The number of rotatable bonds is 6. The van der Waals surface area contributed by atoms with E-state index >= 15 is 0 Å². The van der Waals surface area contributed by atoms with Crippen LogP contribution in [0.15, 0.2) is 61.2 Å². The van der Waals surface area contributed by atoms with Gasteiger partial charge in [0.25, 0.3) is 11.6 Å². The zero-order chi connectivity index (χ0) is 18.5. The van der Waals surface area contributed by atoms with Crippen molar-refractivity contribution in [2.75, 3.05) is 6.54 Å². The third kappa shape index (κ3) is 3.92. The Kier molecular flexibility index (Phi) is 5.02. The highest BCUT2D eigenvalue weighted by Crippen LogP contribution is 2.24.